The molecule has 6 heteroatoms. The fourth-order valence-corrected chi connectivity index (χ4v) is 3.00. The molecule has 0 aliphatic carbocycles. The Morgan fingerprint density at radius 1 is 1.30 bits per heavy atom. The van der Waals surface area contributed by atoms with Crippen molar-refractivity contribution in [1.82, 2.24) is 0 Å². The minimum absolute atomic E-state index is 0.268. The maximum Gasteiger partial charge on any atom is 0.141 e. The Balaban J connectivity index is 2.55. The lowest BCUT2D eigenvalue weighted by atomic mass is 10.0. The van der Waals surface area contributed by atoms with Crippen LogP contribution >= 0.6 is 50.1 Å². The van der Waals surface area contributed by atoms with Gasteiger partial charge in [-0.25, -0.2) is 4.39 Å². The zero-order valence-electron chi connectivity index (χ0n) is 10.3. The summed E-state index contributed by atoms with van der Waals surface area (Å²) in [5.74, 6) is -0.160. The van der Waals surface area contributed by atoms with Crippen LogP contribution in [0.1, 0.15) is 17.2 Å². The lowest BCUT2D eigenvalue weighted by molar-refractivity contribution is 0.213. The van der Waals surface area contributed by atoms with Crippen LogP contribution in [0.15, 0.2) is 34.8 Å². The van der Waals surface area contributed by atoms with Gasteiger partial charge < -0.3 is 9.84 Å². The number of hydrogen-bond donors (Lipinski definition) is 1. The maximum atomic E-state index is 13.5. The van der Waals surface area contributed by atoms with Crippen molar-refractivity contribution in [3.63, 3.8) is 0 Å². The first kappa shape index (κ1) is 16.0. The number of halogens is 4. The third-order valence-electron chi connectivity index (χ3n) is 2.82. The van der Waals surface area contributed by atoms with Crippen LogP contribution in [0, 0.1) is 9.39 Å². The zero-order valence-corrected chi connectivity index (χ0v) is 14.8. The number of aliphatic hydroxyl groups excluding tert-OH is 1. The largest absolute Gasteiger partial charge is 0.496 e. The Bertz CT molecular complexity index is 651. The summed E-state index contributed by atoms with van der Waals surface area (Å²) in [6, 6.07) is 7.99. The Morgan fingerprint density at radius 3 is 2.65 bits per heavy atom. The van der Waals surface area contributed by atoms with Crippen molar-refractivity contribution < 1.29 is 14.2 Å². The molecule has 0 radical (unpaired) electrons. The lowest BCUT2D eigenvalue weighted by Gasteiger charge is -2.17. The van der Waals surface area contributed by atoms with Crippen LogP contribution in [0.4, 0.5) is 4.39 Å². The second-order valence-electron chi connectivity index (χ2n) is 4.08. The van der Waals surface area contributed by atoms with E-state index in [0.717, 1.165) is 3.57 Å². The van der Waals surface area contributed by atoms with Crippen molar-refractivity contribution in [3.8, 4) is 5.75 Å². The summed E-state index contributed by atoms with van der Waals surface area (Å²) in [5, 5.41) is 11.1. The number of aliphatic hydroxyl groups is 1. The van der Waals surface area contributed by atoms with E-state index in [1.54, 1.807) is 12.1 Å². The molecule has 0 aliphatic rings. The SMILES string of the molecule is COc1cc(F)c(Br)cc1C(O)c1cc(Cl)ccc1I. The number of methoxy groups -OCH3 is 1. The monoisotopic (exact) mass is 470 g/mol. The minimum atomic E-state index is -0.951. The van der Waals surface area contributed by atoms with Gasteiger partial charge in [0.15, 0.2) is 0 Å². The minimum Gasteiger partial charge on any atom is -0.496 e. The molecule has 0 heterocycles. The standard InChI is InChI=1S/C14H10BrClFIO2/c1-20-13-6-11(17)10(15)5-9(13)14(19)8-4-7(16)2-3-12(8)18/h2-6,14,19H,1H3. The third-order valence-corrected chi connectivity index (χ3v) is 4.65. The molecule has 2 nitrogen and oxygen atoms in total. The summed E-state index contributed by atoms with van der Waals surface area (Å²) in [7, 11) is 1.43. The molecule has 1 atom stereocenters. The van der Waals surface area contributed by atoms with Crippen molar-refractivity contribution in [2.24, 2.45) is 0 Å². The number of ether oxygens (including phenoxy) is 1. The molecule has 2 rings (SSSR count). The van der Waals surface area contributed by atoms with Crippen LogP contribution in [0.3, 0.4) is 0 Å². The van der Waals surface area contributed by atoms with Gasteiger partial charge in [0.1, 0.15) is 17.7 Å². The molecule has 0 saturated heterocycles. The molecule has 0 aromatic heterocycles. The summed E-state index contributed by atoms with van der Waals surface area (Å²) in [4.78, 5) is 0. The summed E-state index contributed by atoms with van der Waals surface area (Å²) < 4.78 is 19.8. The first-order valence-electron chi connectivity index (χ1n) is 5.60. The normalized spacial score (nSPS) is 12.3. The second kappa shape index (κ2) is 6.60. The lowest BCUT2D eigenvalue weighted by Crippen LogP contribution is -2.05. The van der Waals surface area contributed by atoms with Crippen LogP contribution in [-0.4, -0.2) is 12.2 Å². The Morgan fingerprint density at radius 2 is 2.00 bits per heavy atom. The average molecular weight is 471 g/mol. The molecule has 0 aliphatic heterocycles. The average Bonchev–Trinajstić information content (AvgIpc) is 2.43. The number of rotatable bonds is 3. The van der Waals surface area contributed by atoms with Gasteiger partial charge in [-0.2, -0.15) is 0 Å². The van der Waals surface area contributed by atoms with E-state index in [1.807, 2.05) is 6.07 Å². The van der Waals surface area contributed by atoms with Crippen molar-refractivity contribution in [2.75, 3.05) is 7.11 Å². The molecule has 20 heavy (non-hydrogen) atoms. The molecule has 2 aromatic carbocycles. The molecule has 106 valence electrons. The molecule has 0 amide bonds. The molecule has 2 aromatic rings. The molecule has 1 N–H and O–H groups in total. The van der Waals surface area contributed by atoms with Crippen molar-refractivity contribution in [1.29, 1.82) is 0 Å². The van der Waals surface area contributed by atoms with Gasteiger partial charge in [-0.05, 0) is 68.3 Å². The predicted molar refractivity (Wildman–Crippen MR) is 88.9 cm³/mol. The fraction of sp³-hybridized carbons (Fsp3) is 0.143. The molecule has 0 spiro atoms. The quantitative estimate of drug-likeness (QED) is 0.643. The molecule has 0 saturated carbocycles. The highest BCUT2D eigenvalue weighted by Crippen LogP contribution is 2.36. The zero-order chi connectivity index (χ0) is 14.9. The highest BCUT2D eigenvalue weighted by molar-refractivity contribution is 14.1. The number of hydrogen-bond acceptors (Lipinski definition) is 2. The molecule has 0 fully saturated rings. The summed E-state index contributed by atoms with van der Waals surface area (Å²) in [6.45, 7) is 0. The van der Waals surface area contributed by atoms with Crippen LogP contribution < -0.4 is 4.74 Å². The molecule has 1 unspecified atom stereocenters. The Labute approximate surface area is 143 Å². The Hall–Kier alpha value is -0.370. The van der Waals surface area contributed by atoms with Crippen molar-refractivity contribution in [3.05, 3.63) is 60.3 Å². The van der Waals surface area contributed by atoms with E-state index in [4.69, 9.17) is 16.3 Å². The van der Waals surface area contributed by atoms with Gasteiger partial charge in [0.05, 0.1) is 11.6 Å². The van der Waals surface area contributed by atoms with E-state index in [1.165, 1.54) is 19.2 Å². The van der Waals surface area contributed by atoms with Gasteiger partial charge in [0.25, 0.3) is 0 Å². The third kappa shape index (κ3) is 3.27. The Kier molecular flexibility index (Phi) is 5.28. The van der Waals surface area contributed by atoms with E-state index in [-0.39, 0.29) is 10.2 Å². The van der Waals surface area contributed by atoms with Crippen molar-refractivity contribution >= 4 is 50.1 Å². The maximum absolute atomic E-state index is 13.5. The van der Waals surface area contributed by atoms with Gasteiger partial charge in [-0.3, -0.25) is 0 Å². The van der Waals surface area contributed by atoms with E-state index >= 15 is 0 Å². The van der Waals surface area contributed by atoms with Crippen LogP contribution in [0.2, 0.25) is 5.02 Å². The van der Waals surface area contributed by atoms with Crippen molar-refractivity contribution in [2.45, 2.75) is 6.10 Å². The van der Waals surface area contributed by atoms with Crippen LogP contribution in [0.5, 0.6) is 5.75 Å². The second-order valence-corrected chi connectivity index (χ2v) is 6.53. The highest BCUT2D eigenvalue weighted by Gasteiger charge is 2.20. The van der Waals surface area contributed by atoms with Gasteiger partial charge >= 0.3 is 0 Å². The van der Waals surface area contributed by atoms with E-state index in [0.29, 0.717) is 16.1 Å². The van der Waals surface area contributed by atoms with Gasteiger partial charge in [-0.1, -0.05) is 11.6 Å². The van der Waals surface area contributed by atoms with E-state index in [9.17, 15) is 9.50 Å². The van der Waals surface area contributed by atoms with E-state index < -0.39 is 11.9 Å². The predicted octanol–water partition coefficient (Wildman–Crippen LogP) is 4.94. The van der Waals surface area contributed by atoms with Crippen LogP contribution in [0.25, 0.3) is 0 Å². The summed E-state index contributed by atoms with van der Waals surface area (Å²) in [5.41, 5.74) is 1.12. The highest BCUT2D eigenvalue weighted by atomic mass is 127. The number of benzene rings is 2. The first-order valence-corrected chi connectivity index (χ1v) is 7.85. The van der Waals surface area contributed by atoms with Gasteiger partial charge in [-0.15, -0.1) is 0 Å². The van der Waals surface area contributed by atoms with Crippen LogP contribution in [-0.2, 0) is 0 Å². The first-order chi connectivity index (χ1) is 9.43. The molecular weight excluding hydrogens is 461 g/mol. The van der Waals surface area contributed by atoms with Gasteiger partial charge in [0.2, 0.25) is 0 Å². The summed E-state index contributed by atoms with van der Waals surface area (Å²) >= 11 is 11.2. The fourth-order valence-electron chi connectivity index (χ4n) is 1.83. The summed E-state index contributed by atoms with van der Waals surface area (Å²) in [6.07, 6.45) is -0.951. The van der Waals surface area contributed by atoms with E-state index in [2.05, 4.69) is 38.5 Å². The van der Waals surface area contributed by atoms with Gasteiger partial charge in [0, 0.05) is 20.2 Å². The molecule has 0 bridgehead atoms. The molecular formula is C14H10BrClFIO2. The topological polar surface area (TPSA) is 29.5 Å². The smallest absolute Gasteiger partial charge is 0.141 e.